The highest BCUT2D eigenvalue weighted by atomic mass is 79.9. The number of carbonyl (C=O) groups excluding carboxylic acids is 2. The molecule has 0 aliphatic rings. The maximum atomic E-state index is 11.8. The number of ether oxygens (including phenoxy) is 1. The Morgan fingerprint density at radius 3 is 2.79 bits per heavy atom. The van der Waals surface area contributed by atoms with Crippen LogP contribution in [0.25, 0.3) is 6.08 Å². The van der Waals surface area contributed by atoms with Crippen molar-refractivity contribution < 1.29 is 14.3 Å². The lowest BCUT2D eigenvalue weighted by Crippen LogP contribution is -2.27. The van der Waals surface area contributed by atoms with Gasteiger partial charge in [0, 0.05) is 24.1 Å². The van der Waals surface area contributed by atoms with Crippen LogP contribution in [0.4, 0.5) is 0 Å². The molecule has 5 heteroatoms. The Kier molecular flexibility index (Phi) is 6.29. The van der Waals surface area contributed by atoms with Gasteiger partial charge in [-0.25, -0.2) is 0 Å². The summed E-state index contributed by atoms with van der Waals surface area (Å²) in [4.78, 5) is 24.2. The molecule has 19 heavy (non-hydrogen) atoms. The Balaban J connectivity index is 2.52. The van der Waals surface area contributed by atoms with Gasteiger partial charge in [-0.3, -0.25) is 9.59 Å². The number of hydrogen-bond acceptors (Lipinski definition) is 3. The van der Waals surface area contributed by atoms with E-state index in [2.05, 4.69) is 20.7 Å². The number of rotatable bonds is 5. The monoisotopic (exact) mass is 325 g/mol. The summed E-state index contributed by atoms with van der Waals surface area (Å²) in [5.74, 6) is -0.473. The zero-order valence-corrected chi connectivity index (χ0v) is 12.5. The van der Waals surface area contributed by atoms with E-state index in [0.717, 1.165) is 10.0 Å². The quantitative estimate of drug-likeness (QED) is 0.617. The average Bonchev–Trinajstić information content (AvgIpc) is 2.41. The lowest BCUT2D eigenvalue weighted by molar-refractivity contribution is -0.141. The highest BCUT2D eigenvalue weighted by Crippen LogP contribution is 2.12. The van der Waals surface area contributed by atoms with Crippen LogP contribution in [0.3, 0.4) is 0 Å². The van der Waals surface area contributed by atoms with Crippen LogP contribution in [-0.2, 0) is 14.3 Å². The van der Waals surface area contributed by atoms with Crippen molar-refractivity contribution in [3.63, 3.8) is 0 Å². The van der Waals surface area contributed by atoms with E-state index in [4.69, 9.17) is 0 Å². The molecule has 0 radical (unpaired) electrons. The zero-order chi connectivity index (χ0) is 14.3. The molecule has 102 valence electrons. The molecular formula is C14H16BrNO3. The number of hydrogen-bond donors (Lipinski definition) is 0. The molecule has 0 saturated heterocycles. The van der Waals surface area contributed by atoms with Gasteiger partial charge in [0.2, 0.25) is 5.91 Å². The molecule has 1 aromatic rings. The summed E-state index contributed by atoms with van der Waals surface area (Å²) in [6.07, 6.45) is 3.42. The fourth-order valence-corrected chi connectivity index (χ4v) is 1.79. The first-order valence-electron chi connectivity index (χ1n) is 5.78. The van der Waals surface area contributed by atoms with Crippen LogP contribution >= 0.6 is 15.9 Å². The molecule has 0 fully saturated rings. The van der Waals surface area contributed by atoms with Crippen LogP contribution in [0.1, 0.15) is 12.0 Å². The van der Waals surface area contributed by atoms with Crippen molar-refractivity contribution in [1.29, 1.82) is 0 Å². The maximum absolute atomic E-state index is 11.8. The minimum Gasteiger partial charge on any atom is -0.469 e. The van der Waals surface area contributed by atoms with Gasteiger partial charge >= 0.3 is 5.97 Å². The highest BCUT2D eigenvalue weighted by molar-refractivity contribution is 9.10. The van der Waals surface area contributed by atoms with E-state index in [1.807, 2.05) is 24.3 Å². The predicted octanol–water partition coefficient (Wildman–Crippen LogP) is 2.48. The molecule has 0 spiro atoms. The standard InChI is InChI=1S/C14H16BrNO3/c1-16(9-8-14(18)19-2)13(17)7-6-11-4-3-5-12(15)10-11/h3-7,10H,8-9H2,1-2H3/b7-6+. The highest BCUT2D eigenvalue weighted by Gasteiger charge is 2.07. The fourth-order valence-electron chi connectivity index (χ4n) is 1.38. The number of carbonyl (C=O) groups is 2. The number of benzene rings is 1. The number of likely N-dealkylation sites (N-methyl/N-ethyl adjacent to an activating group) is 1. The van der Waals surface area contributed by atoms with Gasteiger partial charge in [-0.2, -0.15) is 0 Å². The molecule has 0 aliphatic carbocycles. The lowest BCUT2D eigenvalue weighted by atomic mass is 10.2. The molecule has 0 bridgehead atoms. The molecule has 0 heterocycles. The lowest BCUT2D eigenvalue weighted by Gasteiger charge is -2.13. The van der Waals surface area contributed by atoms with Crippen LogP contribution in [0.5, 0.6) is 0 Å². The van der Waals surface area contributed by atoms with E-state index in [1.165, 1.54) is 18.1 Å². The summed E-state index contributed by atoms with van der Waals surface area (Å²) >= 11 is 3.37. The molecular weight excluding hydrogens is 310 g/mol. The number of amides is 1. The maximum Gasteiger partial charge on any atom is 0.307 e. The van der Waals surface area contributed by atoms with Crippen LogP contribution in [0.15, 0.2) is 34.8 Å². The minimum absolute atomic E-state index is 0.149. The van der Waals surface area contributed by atoms with E-state index in [-0.39, 0.29) is 18.3 Å². The van der Waals surface area contributed by atoms with E-state index in [9.17, 15) is 9.59 Å². The van der Waals surface area contributed by atoms with Gasteiger partial charge < -0.3 is 9.64 Å². The molecule has 1 rings (SSSR count). The van der Waals surface area contributed by atoms with E-state index in [0.29, 0.717) is 6.54 Å². The van der Waals surface area contributed by atoms with Gasteiger partial charge in [0.25, 0.3) is 0 Å². The van der Waals surface area contributed by atoms with Gasteiger partial charge in [-0.15, -0.1) is 0 Å². The van der Waals surface area contributed by atoms with Gasteiger partial charge in [-0.05, 0) is 23.8 Å². The summed E-state index contributed by atoms with van der Waals surface area (Å²) < 4.78 is 5.48. The summed E-state index contributed by atoms with van der Waals surface area (Å²) in [5, 5.41) is 0. The number of nitrogens with zero attached hydrogens (tertiary/aromatic N) is 1. The molecule has 0 N–H and O–H groups in total. The van der Waals surface area contributed by atoms with Gasteiger partial charge in [0.15, 0.2) is 0 Å². The van der Waals surface area contributed by atoms with Crippen LogP contribution in [0.2, 0.25) is 0 Å². The summed E-state index contributed by atoms with van der Waals surface area (Å²) in [6, 6.07) is 7.64. The van der Waals surface area contributed by atoms with Crippen molar-refractivity contribution >= 4 is 33.9 Å². The Morgan fingerprint density at radius 2 is 2.16 bits per heavy atom. The average molecular weight is 326 g/mol. The Morgan fingerprint density at radius 1 is 1.42 bits per heavy atom. The number of methoxy groups -OCH3 is 1. The van der Waals surface area contributed by atoms with Crippen LogP contribution in [0, 0.1) is 0 Å². The zero-order valence-electron chi connectivity index (χ0n) is 10.9. The smallest absolute Gasteiger partial charge is 0.307 e. The predicted molar refractivity (Wildman–Crippen MR) is 77.4 cm³/mol. The summed E-state index contributed by atoms with van der Waals surface area (Å²) in [5.41, 5.74) is 0.934. The minimum atomic E-state index is -0.324. The molecule has 0 aromatic heterocycles. The Bertz CT molecular complexity index is 485. The summed E-state index contributed by atoms with van der Waals surface area (Å²) in [7, 11) is 2.98. The molecule has 1 amide bonds. The normalized spacial score (nSPS) is 10.5. The Labute approximate surface area is 121 Å². The molecule has 0 unspecified atom stereocenters. The fraction of sp³-hybridized carbons (Fsp3) is 0.286. The van der Waals surface area contributed by atoms with Gasteiger partial charge in [-0.1, -0.05) is 28.1 Å². The topological polar surface area (TPSA) is 46.6 Å². The third kappa shape index (κ3) is 5.70. The van der Waals surface area contributed by atoms with Crippen molar-refractivity contribution in [3.05, 3.63) is 40.4 Å². The van der Waals surface area contributed by atoms with Gasteiger partial charge in [0.05, 0.1) is 13.5 Å². The van der Waals surface area contributed by atoms with Crippen LogP contribution in [-0.4, -0.2) is 37.5 Å². The van der Waals surface area contributed by atoms with Crippen molar-refractivity contribution in [3.8, 4) is 0 Å². The number of esters is 1. The molecule has 0 aliphatic heterocycles. The first kappa shape index (κ1) is 15.4. The Hall–Kier alpha value is -1.62. The second kappa shape index (κ2) is 7.74. The first-order chi connectivity index (χ1) is 9.02. The van der Waals surface area contributed by atoms with E-state index < -0.39 is 0 Å². The second-order valence-corrected chi connectivity index (χ2v) is 4.89. The summed E-state index contributed by atoms with van der Waals surface area (Å²) in [6.45, 7) is 0.342. The SMILES string of the molecule is COC(=O)CCN(C)C(=O)/C=C/c1cccc(Br)c1. The first-order valence-corrected chi connectivity index (χ1v) is 6.58. The molecule has 4 nitrogen and oxygen atoms in total. The molecule has 0 atom stereocenters. The van der Waals surface area contributed by atoms with E-state index in [1.54, 1.807) is 13.1 Å². The third-order valence-electron chi connectivity index (χ3n) is 2.52. The van der Waals surface area contributed by atoms with Crippen molar-refractivity contribution in [1.82, 2.24) is 4.90 Å². The molecule has 1 aromatic carbocycles. The second-order valence-electron chi connectivity index (χ2n) is 3.97. The molecule has 0 saturated carbocycles. The van der Waals surface area contributed by atoms with Crippen molar-refractivity contribution in [2.75, 3.05) is 20.7 Å². The van der Waals surface area contributed by atoms with E-state index >= 15 is 0 Å². The number of halogens is 1. The van der Waals surface area contributed by atoms with Crippen molar-refractivity contribution in [2.24, 2.45) is 0 Å². The largest absolute Gasteiger partial charge is 0.469 e. The third-order valence-corrected chi connectivity index (χ3v) is 3.02. The van der Waals surface area contributed by atoms with Crippen molar-refractivity contribution in [2.45, 2.75) is 6.42 Å². The van der Waals surface area contributed by atoms with Gasteiger partial charge in [0.1, 0.15) is 0 Å². The van der Waals surface area contributed by atoms with Crippen LogP contribution < -0.4 is 0 Å².